The van der Waals surface area contributed by atoms with E-state index < -0.39 is 0 Å². The minimum Gasteiger partial charge on any atom is -0.395 e. The second kappa shape index (κ2) is 8.03. The lowest BCUT2D eigenvalue weighted by molar-refractivity contribution is 0.0676. The Balaban J connectivity index is 2.14. The van der Waals surface area contributed by atoms with Gasteiger partial charge in [-0.2, -0.15) is 0 Å². The van der Waals surface area contributed by atoms with Crippen molar-refractivity contribution in [1.82, 2.24) is 4.90 Å². The molecule has 2 unspecified atom stereocenters. The Morgan fingerprint density at radius 2 is 2.18 bits per heavy atom. The van der Waals surface area contributed by atoms with Crippen LogP contribution in [0.5, 0.6) is 0 Å². The average molecular weight is 244 g/mol. The monoisotopic (exact) mass is 244 g/mol. The first-order valence-corrected chi connectivity index (χ1v) is 6.83. The number of ether oxygens (including phenoxy) is 1. The Kier molecular flexibility index (Phi) is 7.04. The van der Waals surface area contributed by atoms with Crippen molar-refractivity contribution in [3.8, 4) is 0 Å². The minimum absolute atomic E-state index is 0.0541. The highest BCUT2D eigenvalue weighted by molar-refractivity contribution is 4.79. The standard InChI is InChI=1S/C13H28N2O2/c1-3-4-12(14)13(9-16)15(2)7-8-17-10-11-5-6-11/h11-13,16H,3-10,14H2,1-2H3. The Labute approximate surface area is 105 Å². The molecule has 0 aromatic rings. The quantitative estimate of drug-likeness (QED) is 0.559. The fraction of sp³-hybridized carbons (Fsp3) is 1.00. The van der Waals surface area contributed by atoms with Crippen molar-refractivity contribution in [2.75, 3.05) is 33.4 Å². The molecule has 0 aliphatic heterocycles. The zero-order valence-electron chi connectivity index (χ0n) is 11.3. The molecule has 0 amide bonds. The molecule has 1 fully saturated rings. The van der Waals surface area contributed by atoms with E-state index in [1.165, 1.54) is 12.8 Å². The predicted molar refractivity (Wildman–Crippen MR) is 69.9 cm³/mol. The van der Waals surface area contributed by atoms with E-state index in [9.17, 15) is 5.11 Å². The Bertz CT molecular complexity index is 198. The van der Waals surface area contributed by atoms with E-state index in [4.69, 9.17) is 10.5 Å². The predicted octanol–water partition coefficient (Wildman–Crippen LogP) is 0.833. The third-order valence-corrected chi connectivity index (χ3v) is 3.51. The molecule has 0 heterocycles. The van der Waals surface area contributed by atoms with Gasteiger partial charge < -0.3 is 15.6 Å². The van der Waals surface area contributed by atoms with E-state index in [0.29, 0.717) is 0 Å². The highest BCUT2D eigenvalue weighted by Gasteiger charge is 2.22. The number of hydrogen-bond acceptors (Lipinski definition) is 4. The second-order valence-electron chi connectivity index (χ2n) is 5.20. The van der Waals surface area contributed by atoms with Gasteiger partial charge in [-0.1, -0.05) is 13.3 Å². The van der Waals surface area contributed by atoms with Gasteiger partial charge in [-0.3, -0.25) is 4.90 Å². The Morgan fingerprint density at radius 3 is 2.71 bits per heavy atom. The van der Waals surface area contributed by atoms with Crippen LogP contribution in [0.2, 0.25) is 0 Å². The summed E-state index contributed by atoms with van der Waals surface area (Å²) in [6.07, 6.45) is 4.68. The summed E-state index contributed by atoms with van der Waals surface area (Å²) in [4.78, 5) is 2.12. The molecule has 0 bridgehead atoms. The molecule has 102 valence electrons. The van der Waals surface area contributed by atoms with Crippen molar-refractivity contribution in [3.63, 3.8) is 0 Å². The van der Waals surface area contributed by atoms with Crippen LogP contribution >= 0.6 is 0 Å². The zero-order chi connectivity index (χ0) is 12.7. The third-order valence-electron chi connectivity index (χ3n) is 3.51. The maximum Gasteiger partial charge on any atom is 0.0601 e. The molecule has 4 heteroatoms. The third kappa shape index (κ3) is 5.82. The van der Waals surface area contributed by atoms with Gasteiger partial charge in [0.25, 0.3) is 0 Å². The summed E-state index contributed by atoms with van der Waals surface area (Å²) in [6, 6.07) is 0.109. The van der Waals surface area contributed by atoms with Crippen LogP contribution in [0.3, 0.4) is 0 Å². The zero-order valence-corrected chi connectivity index (χ0v) is 11.3. The first-order valence-electron chi connectivity index (χ1n) is 6.83. The van der Waals surface area contributed by atoms with Gasteiger partial charge in [0.1, 0.15) is 0 Å². The molecule has 0 aromatic carbocycles. The van der Waals surface area contributed by atoms with Crippen LogP contribution < -0.4 is 5.73 Å². The van der Waals surface area contributed by atoms with Crippen molar-refractivity contribution in [2.45, 2.75) is 44.7 Å². The summed E-state index contributed by atoms with van der Waals surface area (Å²) < 4.78 is 5.60. The summed E-state index contributed by atoms with van der Waals surface area (Å²) in [5.41, 5.74) is 6.06. The smallest absolute Gasteiger partial charge is 0.0601 e. The molecule has 2 atom stereocenters. The van der Waals surface area contributed by atoms with Gasteiger partial charge >= 0.3 is 0 Å². The summed E-state index contributed by atoms with van der Waals surface area (Å²) in [5, 5.41) is 9.39. The van der Waals surface area contributed by atoms with E-state index >= 15 is 0 Å². The summed E-state index contributed by atoms with van der Waals surface area (Å²) in [5.74, 6) is 0.816. The van der Waals surface area contributed by atoms with E-state index in [0.717, 1.165) is 38.5 Å². The number of aliphatic hydroxyl groups is 1. The van der Waals surface area contributed by atoms with Crippen LogP contribution in [-0.4, -0.2) is 55.5 Å². The number of nitrogens with zero attached hydrogens (tertiary/aromatic N) is 1. The van der Waals surface area contributed by atoms with Crippen LogP contribution in [0.15, 0.2) is 0 Å². The van der Waals surface area contributed by atoms with Crippen molar-refractivity contribution in [1.29, 1.82) is 0 Å². The second-order valence-corrected chi connectivity index (χ2v) is 5.20. The largest absolute Gasteiger partial charge is 0.395 e. The number of rotatable bonds is 10. The first kappa shape index (κ1) is 14.9. The molecule has 1 saturated carbocycles. The van der Waals surface area contributed by atoms with E-state index in [1.807, 2.05) is 7.05 Å². The van der Waals surface area contributed by atoms with Gasteiger partial charge in [0, 0.05) is 25.2 Å². The SMILES string of the molecule is CCCC(N)C(CO)N(C)CCOCC1CC1. The Hall–Kier alpha value is -0.160. The summed E-state index contributed by atoms with van der Waals surface area (Å²) in [7, 11) is 2.01. The van der Waals surface area contributed by atoms with Gasteiger partial charge in [0.2, 0.25) is 0 Å². The first-order chi connectivity index (χ1) is 8.19. The molecule has 0 saturated heterocycles. The fourth-order valence-corrected chi connectivity index (χ4v) is 2.04. The van der Waals surface area contributed by atoms with Crippen molar-refractivity contribution < 1.29 is 9.84 Å². The topological polar surface area (TPSA) is 58.7 Å². The normalized spacial score (nSPS) is 19.6. The van der Waals surface area contributed by atoms with Crippen molar-refractivity contribution >= 4 is 0 Å². The molecule has 17 heavy (non-hydrogen) atoms. The van der Waals surface area contributed by atoms with E-state index in [-0.39, 0.29) is 18.7 Å². The molecule has 1 aliphatic rings. The molecule has 3 N–H and O–H groups in total. The lowest BCUT2D eigenvalue weighted by Crippen LogP contribution is -2.49. The van der Waals surface area contributed by atoms with Crippen LogP contribution in [-0.2, 0) is 4.74 Å². The highest BCUT2D eigenvalue weighted by atomic mass is 16.5. The maximum atomic E-state index is 9.39. The van der Waals surface area contributed by atoms with Gasteiger partial charge in [0.05, 0.1) is 13.2 Å². The lowest BCUT2D eigenvalue weighted by Gasteiger charge is -2.31. The molecule has 1 aliphatic carbocycles. The Morgan fingerprint density at radius 1 is 1.47 bits per heavy atom. The molecular weight excluding hydrogens is 216 g/mol. The molecule has 0 aromatic heterocycles. The minimum atomic E-state index is 0.0541. The van der Waals surface area contributed by atoms with Crippen molar-refractivity contribution in [3.05, 3.63) is 0 Å². The molecule has 1 rings (SSSR count). The van der Waals surface area contributed by atoms with Gasteiger partial charge in [-0.25, -0.2) is 0 Å². The van der Waals surface area contributed by atoms with E-state index in [2.05, 4.69) is 11.8 Å². The van der Waals surface area contributed by atoms with Gasteiger partial charge in [-0.05, 0) is 32.2 Å². The van der Waals surface area contributed by atoms with Gasteiger partial charge in [-0.15, -0.1) is 0 Å². The number of aliphatic hydroxyl groups excluding tert-OH is 1. The van der Waals surface area contributed by atoms with Crippen LogP contribution in [0.25, 0.3) is 0 Å². The van der Waals surface area contributed by atoms with Crippen LogP contribution in [0, 0.1) is 5.92 Å². The highest BCUT2D eigenvalue weighted by Crippen LogP contribution is 2.28. The van der Waals surface area contributed by atoms with E-state index in [1.54, 1.807) is 0 Å². The maximum absolute atomic E-state index is 9.39. The van der Waals surface area contributed by atoms with Crippen LogP contribution in [0.4, 0.5) is 0 Å². The fourth-order valence-electron chi connectivity index (χ4n) is 2.04. The summed E-state index contributed by atoms with van der Waals surface area (Å²) >= 11 is 0. The average Bonchev–Trinajstić information content (AvgIpc) is 3.09. The number of hydrogen-bond donors (Lipinski definition) is 2. The number of likely N-dealkylation sites (N-methyl/N-ethyl adjacent to an activating group) is 1. The lowest BCUT2D eigenvalue weighted by atomic mass is 10.0. The van der Waals surface area contributed by atoms with Gasteiger partial charge in [0.15, 0.2) is 0 Å². The molecule has 0 radical (unpaired) electrons. The summed E-state index contributed by atoms with van der Waals surface area (Å²) in [6.45, 7) is 4.73. The van der Waals surface area contributed by atoms with Crippen LogP contribution in [0.1, 0.15) is 32.6 Å². The molecule has 4 nitrogen and oxygen atoms in total. The molecule has 0 spiro atoms. The molecular formula is C13H28N2O2. The van der Waals surface area contributed by atoms with Crippen molar-refractivity contribution in [2.24, 2.45) is 11.7 Å². The number of nitrogens with two attached hydrogens (primary N) is 1.